The van der Waals surface area contributed by atoms with Gasteiger partial charge in [-0.05, 0) is 32.1 Å². The van der Waals surface area contributed by atoms with Gasteiger partial charge in [-0.15, -0.1) is 0 Å². The maximum absolute atomic E-state index is 2.60. The molecule has 0 atom stereocenters. The van der Waals surface area contributed by atoms with E-state index in [4.69, 9.17) is 0 Å². The molecule has 2 nitrogen and oxygen atoms in total. The van der Waals surface area contributed by atoms with E-state index in [0.29, 0.717) is 0 Å². The average molecular weight is 490 g/mol. The van der Waals surface area contributed by atoms with Crippen molar-refractivity contribution in [1.82, 2.24) is 4.57 Å². The van der Waals surface area contributed by atoms with E-state index in [1.165, 1.54) is 174 Å². The first-order valence-corrected chi connectivity index (χ1v) is 16.4. The SMILES string of the molecule is CCCCCCCCCCCCCCCn1cc[n+](CCCCCCCCC)c1CCCCCC. The number of hydrogen-bond acceptors (Lipinski definition) is 0. The summed E-state index contributed by atoms with van der Waals surface area (Å²) in [4.78, 5) is 0. The highest BCUT2D eigenvalue weighted by Gasteiger charge is 2.16. The molecule has 0 aromatic carbocycles. The maximum atomic E-state index is 2.60. The summed E-state index contributed by atoms with van der Waals surface area (Å²) in [5.41, 5.74) is 0. The first kappa shape index (κ1) is 32.2. The lowest BCUT2D eigenvalue weighted by Gasteiger charge is -2.07. The van der Waals surface area contributed by atoms with Crippen molar-refractivity contribution in [3.8, 4) is 0 Å². The molecular weight excluding hydrogens is 424 g/mol. The van der Waals surface area contributed by atoms with Gasteiger partial charge in [-0.1, -0.05) is 143 Å². The van der Waals surface area contributed by atoms with E-state index in [1.807, 2.05) is 0 Å². The second-order valence-corrected chi connectivity index (χ2v) is 11.3. The molecule has 0 unspecified atom stereocenters. The van der Waals surface area contributed by atoms with Crippen LogP contribution >= 0.6 is 0 Å². The van der Waals surface area contributed by atoms with E-state index in [2.05, 4.69) is 42.3 Å². The average Bonchev–Trinajstić information content (AvgIpc) is 3.25. The molecule has 0 N–H and O–H groups in total. The monoisotopic (exact) mass is 490 g/mol. The number of rotatable bonds is 27. The summed E-state index contributed by atoms with van der Waals surface area (Å²) in [6, 6.07) is 0. The van der Waals surface area contributed by atoms with Gasteiger partial charge >= 0.3 is 0 Å². The Morgan fingerprint density at radius 1 is 0.486 bits per heavy atom. The highest BCUT2D eigenvalue weighted by Crippen LogP contribution is 2.14. The zero-order valence-electron chi connectivity index (χ0n) is 24.6. The first-order chi connectivity index (χ1) is 17.3. The predicted octanol–water partition coefficient (Wildman–Crippen LogP) is 10.7. The molecule has 35 heavy (non-hydrogen) atoms. The molecule has 1 aromatic heterocycles. The fourth-order valence-electron chi connectivity index (χ4n) is 5.44. The van der Waals surface area contributed by atoms with Crippen LogP contribution in [0.2, 0.25) is 0 Å². The van der Waals surface area contributed by atoms with Crippen LogP contribution in [0.4, 0.5) is 0 Å². The molecular formula is C33H65N2+. The van der Waals surface area contributed by atoms with Crippen LogP contribution in [-0.2, 0) is 19.5 Å². The lowest BCUT2D eigenvalue weighted by atomic mass is 10.0. The molecule has 0 saturated heterocycles. The van der Waals surface area contributed by atoms with Crippen molar-refractivity contribution in [3.63, 3.8) is 0 Å². The van der Waals surface area contributed by atoms with Crippen molar-refractivity contribution in [2.75, 3.05) is 0 Å². The Labute approximate surface area is 221 Å². The lowest BCUT2D eigenvalue weighted by Crippen LogP contribution is -2.37. The molecule has 0 aliphatic carbocycles. The standard InChI is InChI=1S/C33H65N2/c1-4-7-10-13-15-16-17-18-19-20-22-24-27-30-35-32-31-34(33(35)28-25-12-9-6-3)29-26-23-21-14-11-8-5-2/h31-32H,4-30H2,1-3H3/q+1. The Hall–Kier alpha value is -0.790. The molecule has 0 aliphatic rings. The van der Waals surface area contributed by atoms with Gasteiger partial charge in [0.25, 0.3) is 5.82 Å². The van der Waals surface area contributed by atoms with Crippen LogP contribution in [0.5, 0.6) is 0 Å². The van der Waals surface area contributed by atoms with Gasteiger partial charge < -0.3 is 0 Å². The van der Waals surface area contributed by atoms with Gasteiger partial charge in [-0.3, -0.25) is 0 Å². The summed E-state index contributed by atoms with van der Waals surface area (Å²) in [6.45, 7) is 9.38. The highest BCUT2D eigenvalue weighted by atomic mass is 15.1. The summed E-state index contributed by atoms with van der Waals surface area (Å²) in [6.07, 6.45) is 40.0. The van der Waals surface area contributed by atoms with Crippen molar-refractivity contribution in [3.05, 3.63) is 18.2 Å². The van der Waals surface area contributed by atoms with Crippen molar-refractivity contribution in [1.29, 1.82) is 0 Å². The van der Waals surface area contributed by atoms with Gasteiger partial charge in [0, 0.05) is 6.42 Å². The van der Waals surface area contributed by atoms with Crippen LogP contribution < -0.4 is 4.57 Å². The van der Waals surface area contributed by atoms with Crippen LogP contribution in [0.25, 0.3) is 0 Å². The summed E-state index contributed by atoms with van der Waals surface area (Å²) >= 11 is 0. The molecule has 0 bridgehead atoms. The minimum Gasteiger partial charge on any atom is -0.234 e. The largest absolute Gasteiger partial charge is 0.256 e. The molecule has 0 saturated carbocycles. The van der Waals surface area contributed by atoms with Gasteiger partial charge in [0.2, 0.25) is 0 Å². The zero-order valence-corrected chi connectivity index (χ0v) is 24.6. The van der Waals surface area contributed by atoms with Crippen molar-refractivity contribution in [2.24, 2.45) is 0 Å². The zero-order chi connectivity index (χ0) is 25.2. The molecule has 0 radical (unpaired) electrons. The Morgan fingerprint density at radius 2 is 0.886 bits per heavy atom. The second kappa shape index (κ2) is 24.9. The van der Waals surface area contributed by atoms with Crippen LogP contribution in [0.15, 0.2) is 12.4 Å². The fraction of sp³-hybridized carbons (Fsp3) is 0.909. The number of unbranched alkanes of at least 4 members (excludes halogenated alkanes) is 21. The van der Waals surface area contributed by atoms with E-state index in [1.54, 1.807) is 5.82 Å². The Bertz CT molecular complexity index is 547. The molecule has 2 heteroatoms. The minimum absolute atomic E-state index is 1.22. The quantitative estimate of drug-likeness (QED) is 0.0858. The molecule has 0 fully saturated rings. The van der Waals surface area contributed by atoms with Gasteiger partial charge in [-0.2, -0.15) is 0 Å². The number of aryl methyl sites for hydroxylation is 2. The lowest BCUT2D eigenvalue weighted by molar-refractivity contribution is -0.704. The van der Waals surface area contributed by atoms with E-state index in [-0.39, 0.29) is 0 Å². The van der Waals surface area contributed by atoms with Crippen molar-refractivity contribution in [2.45, 2.75) is 194 Å². The van der Waals surface area contributed by atoms with E-state index < -0.39 is 0 Å². The summed E-state index contributed by atoms with van der Waals surface area (Å²) in [5, 5.41) is 0. The van der Waals surface area contributed by atoms with Gasteiger partial charge in [0.1, 0.15) is 12.4 Å². The normalized spacial score (nSPS) is 11.5. The van der Waals surface area contributed by atoms with Crippen LogP contribution in [0, 0.1) is 0 Å². The van der Waals surface area contributed by atoms with Gasteiger partial charge in [0.05, 0.1) is 13.1 Å². The van der Waals surface area contributed by atoms with E-state index in [9.17, 15) is 0 Å². The Kier molecular flexibility index (Phi) is 22.9. The summed E-state index contributed by atoms with van der Waals surface area (Å²) in [5.74, 6) is 1.60. The molecule has 0 aliphatic heterocycles. The molecule has 0 amide bonds. The maximum Gasteiger partial charge on any atom is 0.256 e. The summed E-state index contributed by atoms with van der Waals surface area (Å²) < 4.78 is 5.20. The minimum atomic E-state index is 1.22. The smallest absolute Gasteiger partial charge is 0.234 e. The Morgan fingerprint density at radius 3 is 1.37 bits per heavy atom. The van der Waals surface area contributed by atoms with Gasteiger partial charge in [-0.25, -0.2) is 9.13 Å². The summed E-state index contributed by atoms with van der Waals surface area (Å²) in [7, 11) is 0. The number of nitrogens with zero attached hydrogens (tertiary/aromatic N) is 2. The van der Waals surface area contributed by atoms with Crippen molar-refractivity contribution >= 4 is 0 Å². The third-order valence-electron chi connectivity index (χ3n) is 7.85. The molecule has 0 spiro atoms. The predicted molar refractivity (Wildman–Crippen MR) is 156 cm³/mol. The van der Waals surface area contributed by atoms with Crippen LogP contribution in [-0.4, -0.2) is 4.57 Å². The van der Waals surface area contributed by atoms with E-state index in [0.717, 1.165) is 0 Å². The first-order valence-electron chi connectivity index (χ1n) is 16.4. The molecule has 1 rings (SSSR count). The van der Waals surface area contributed by atoms with Crippen LogP contribution in [0.3, 0.4) is 0 Å². The molecule has 1 aromatic rings. The van der Waals surface area contributed by atoms with Gasteiger partial charge in [0.15, 0.2) is 0 Å². The molecule has 206 valence electrons. The number of hydrogen-bond donors (Lipinski definition) is 0. The molecule has 1 heterocycles. The second-order valence-electron chi connectivity index (χ2n) is 11.3. The number of aromatic nitrogens is 2. The fourth-order valence-corrected chi connectivity index (χ4v) is 5.44. The number of imidazole rings is 1. The van der Waals surface area contributed by atoms with Crippen LogP contribution in [0.1, 0.15) is 181 Å². The third-order valence-corrected chi connectivity index (χ3v) is 7.85. The highest BCUT2D eigenvalue weighted by molar-refractivity contribution is 4.84. The van der Waals surface area contributed by atoms with Crippen molar-refractivity contribution < 1.29 is 4.57 Å². The van der Waals surface area contributed by atoms with E-state index >= 15 is 0 Å². The third kappa shape index (κ3) is 18.2. The Balaban J connectivity index is 2.22. The topological polar surface area (TPSA) is 8.81 Å².